The first-order chi connectivity index (χ1) is 7.91. The molecule has 0 saturated carbocycles. The summed E-state index contributed by atoms with van der Waals surface area (Å²) >= 11 is 0. The summed E-state index contributed by atoms with van der Waals surface area (Å²) in [4.78, 5) is 19.1. The van der Waals surface area contributed by atoms with Gasteiger partial charge in [0.2, 0.25) is 0 Å². The van der Waals surface area contributed by atoms with E-state index in [2.05, 4.69) is 7.05 Å². The van der Waals surface area contributed by atoms with E-state index in [-0.39, 0.29) is 6.42 Å². The third-order valence-electron chi connectivity index (χ3n) is 3.77. The van der Waals surface area contributed by atoms with Gasteiger partial charge in [0.25, 0.3) is 0 Å². The van der Waals surface area contributed by atoms with E-state index in [1.54, 1.807) is 0 Å². The predicted octanol–water partition coefficient (Wildman–Crippen LogP) is -0.152. The minimum atomic E-state index is -1.33. The van der Waals surface area contributed by atoms with Crippen LogP contribution in [0.1, 0.15) is 32.1 Å². The van der Waals surface area contributed by atoms with E-state index in [0.717, 1.165) is 5.92 Å². The smallest absolute Gasteiger partial charge is 0.303 e. The van der Waals surface area contributed by atoms with Gasteiger partial charge in [-0.1, -0.05) is 0 Å². The minimum absolute atomic E-state index is 0.359. The first-order valence-corrected chi connectivity index (χ1v) is 6.16. The number of piperidine rings is 3. The van der Waals surface area contributed by atoms with Crippen molar-refractivity contribution in [2.45, 2.75) is 32.1 Å². The molecule has 0 aromatic heterocycles. The van der Waals surface area contributed by atoms with Crippen LogP contribution in [0.2, 0.25) is 0 Å². The Morgan fingerprint density at radius 3 is 1.82 bits per heavy atom. The largest absolute Gasteiger partial charge is 0.550 e. The number of carboxylic acid groups (broad SMARTS) is 2. The fourth-order valence-corrected chi connectivity index (χ4v) is 2.46. The number of carbonyl (C=O) groups excluding carboxylic acids is 1. The van der Waals surface area contributed by atoms with Crippen LogP contribution in [0.15, 0.2) is 0 Å². The molecule has 0 aliphatic carbocycles. The van der Waals surface area contributed by atoms with E-state index in [4.69, 9.17) is 5.11 Å². The van der Waals surface area contributed by atoms with Gasteiger partial charge >= 0.3 is 5.97 Å². The normalized spacial score (nSPS) is 30.3. The molecule has 98 valence electrons. The highest BCUT2D eigenvalue weighted by Crippen LogP contribution is 2.31. The lowest BCUT2D eigenvalue weighted by molar-refractivity contribution is -0.924. The monoisotopic (exact) mass is 243 g/mol. The van der Waals surface area contributed by atoms with E-state index >= 15 is 0 Å². The average molecular weight is 243 g/mol. The third kappa shape index (κ3) is 5.17. The molecule has 0 radical (unpaired) electrons. The van der Waals surface area contributed by atoms with Crippen LogP contribution in [-0.2, 0) is 9.59 Å². The van der Waals surface area contributed by atoms with E-state index in [0.29, 0.717) is 0 Å². The quantitative estimate of drug-likeness (QED) is 0.699. The number of fused-ring (bicyclic) bond motifs is 3. The molecule has 3 fully saturated rings. The predicted molar refractivity (Wildman–Crippen MR) is 60.0 cm³/mol. The second-order valence-corrected chi connectivity index (χ2v) is 5.29. The zero-order valence-electron chi connectivity index (χ0n) is 10.4. The Hall–Kier alpha value is -1.10. The molecule has 17 heavy (non-hydrogen) atoms. The molecule has 0 atom stereocenters. The molecular formula is C12H21NO4. The number of quaternary nitrogens is 1. The molecule has 0 aromatic carbocycles. The second kappa shape index (κ2) is 6.00. The number of carboxylic acids is 2. The van der Waals surface area contributed by atoms with Gasteiger partial charge in [0.05, 0.1) is 33.1 Å². The molecule has 5 nitrogen and oxygen atoms in total. The summed E-state index contributed by atoms with van der Waals surface area (Å²) in [6.45, 7) is 4.39. The molecule has 5 heteroatoms. The van der Waals surface area contributed by atoms with Crippen LogP contribution in [0.3, 0.4) is 0 Å². The fraction of sp³-hybridized carbons (Fsp3) is 0.833. The summed E-state index contributed by atoms with van der Waals surface area (Å²) in [5.41, 5.74) is 0. The van der Waals surface area contributed by atoms with Crippen molar-refractivity contribution in [1.29, 1.82) is 0 Å². The van der Waals surface area contributed by atoms with Gasteiger partial charge in [-0.3, -0.25) is 4.79 Å². The van der Waals surface area contributed by atoms with E-state index in [9.17, 15) is 14.7 Å². The third-order valence-corrected chi connectivity index (χ3v) is 3.77. The van der Waals surface area contributed by atoms with E-state index in [1.165, 1.54) is 43.4 Å². The molecule has 0 unspecified atom stereocenters. The standard InChI is InChI=1S/C8H16N.C4H6O4/c1-9-5-2-8(3-6-9)4-7-9;5-3(6)1-2-4(7)8/h8H,2-7H2,1H3;1-2H2,(H,5,6)(H,7,8)/q+1;/p-1. The molecular weight excluding hydrogens is 222 g/mol. The van der Waals surface area contributed by atoms with Crippen LogP contribution < -0.4 is 5.11 Å². The zero-order chi connectivity index (χ0) is 12.9. The zero-order valence-corrected chi connectivity index (χ0v) is 10.4. The molecule has 1 N–H and O–H groups in total. The maximum atomic E-state index is 9.61. The van der Waals surface area contributed by atoms with Gasteiger partial charge in [-0.25, -0.2) is 0 Å². The Morgan fingerprint density at radius 2 is 1.65 bits per heavy atom. The van der Waals surface area contributed by atoms with Crippen molar-refractivity contribution < 1.29 is 24.3 Å². The maximum Gasteiger partial charge on any atom is 0.303 e. The number of rotatable bonds is 3. The number of carbonyl (C=O) groups is 2. The van der Waals surface area contributed by atoms with Crippen molar-refractivity contribution in [2.75, 3.05) is 26.7 Å². The lowest BCUT2D eigenvalue weighted by Gasteiger charge is -2.46. The summed E-state index contributed by atoms with van der Waals surface area (Å²) in [6.07, 6.45) is 3.77. The molecule has 3 saturated heterocycles. The van der Waals surface area contributed by atoms with Gasteiger partial charge in [-0.2, -0.15) is 0 Å². The van der Waals surface area contributed by atoms with Gasteiger partial charge < -0.3 is 19.5 Å². The van der Waals surface area contributed by atoms with Crippen LogP contribution in [-0.4, -0.2) is 48.2 Å². The van der Waals surface area contributed by atoms with Crippen LogP contribution >= 0.6 is 0 Å². The topological polar surface area (TPSA) is 77.4 Å². The van der Waals surface area contributed by atoms with Crippen molar-refractivity contribution in [3.05, 3.63) is 0 Å². The Labute approximate surface area is 102 Å². The highest BCUT2D eigenvalue weighted by Gasteiger charge is 2.35. The van der Waals surface area contributed by atoms with Crippen molar-refractivity contribution in [3.63, 3.8) is 0 Å². The molecule has 2 bridgehead atoms. The molecule has 3 heterocycles. The summed E-state index contributed by atoms with van der Waals surface area (Å²) in [6, 6.07) is 0. The first-order valence-electron chi connectivity index (χ1n) is 6.16. The molecule has 3 aliphatic heterocycles. The van der Waals surface area contributed by atoms with Crippen LogP contribution in [0.4, 0.5) is 0 Å². The number of nitrogens with zero attached hydrogens (tertiary/aromatic N) is 1. The summed E-state index contributed by atoms with van der Waals surface area (Å²) in [7, 11) is 2.41. The van der Waals surface area contributed by atoms with Gasteiger partial charge in [-0.15, -0.1) is 0 Å². The Balaban J connectivity index is 0.000000172. The van der Waals surface area contributed by atoms with Crippen molar-refractivity contribution in [2.24, 2.45) is 5.92 Å². The highest BCUT2D eigenvalue weighted by molar-refractivity contribution is 5.74. The Kier molecular flexibility index (Phi) is 4.93. The molecule has 0 amide bonds. The fourth-order valence-electron chi connectivity index (χ4n) is 2.46. The van der Waals surface area contributed by atoms with Crippen LogP contribution in [0.5, 0.6) is 0 Å². The lowest BCUT2D eigenvalue weighted by atomic mass is 9.86. The summed E-state index contributed by atoms with van der Waals surface area (Å²) < 4.78 is 1.39. The van der Waals surface area contributed by atoms with E-state index < -0.39 is 18.4 Å². The average Bonchev–Trinajstić information content (AvgIpc) is 2.28. The van der Waals surface area contributed by atoms with Crippen molar-refractivity contribution in [1.82, 2.24) is 0 Å². The van der Waals surface area contributed by atoms with Gasteiger partial charge in [0.15, 0.2) is 0 Å². The SMILES string of the molecule is C[N+]12CCC(CC1)CC2.O=C([O-])CCC(=O)O. The van der Waals surface area contributed by atoms with Crippen LogP contribution in [0.25, 0.3) is 0 Å². The van der Waals surface area contributed by atoms with Crippen molar-refractivity contribution in [3.8, 4) is 0 Å². The van der Waals surface area contributed by atoms with Gasteiger partial charge in [-0.05, 0) is 31.6 Å². The van der Waals surface area contributed by atoms with Gasteiger partial charge in [0.1, 0.15) is 0 Å². The lowest BCUT2D eigenvalue weighted by Crippen LogP contribution is -2.55. The van der Waals surface area contributed by atoms with Crippen molar-refractivity contribution >= 4 is 11.9 Å². The summed E-state index contributed by atoms with van der Waals surface area (Å²) in [5.74, 6) is -1.33. The molecule has 0 aromatic rings. The molecule has 3 aliphatic rings. The molecule has 3 rings (SSSR count). The second-order valence-electron chi connectivity index (χ2n) is 5.29. The Morgan fingerprint density at radius 1 is 1.18 bits per heavy atom. The van der Waals surface area contributed by atoms with Crippen LogP contribution in [0, 0.1) is 5.92 Å². The Bertz CT molecular complexity index is 254. The molecule has 0 spiro atoms. The number of aliphatic carboxylic acids is 2. The maximum absolute atomic E-state index is 9.61. The van der Waals surface area contributed by atoms with Gasteiger partial charge in [0, 0.05) is 5.97 Å². The summed E-state index contributed by atoms with van der Waals surface area (Å²) in [5, 5.41) is 17.4. The minimum Gasteiger partial charge on any atom is -0.550 e. The number of hydrogen-bond acceptors (Lipinski definition) is 3. The van der Waals surface area contributed by atoms with E-state index in [1.807, 2.05) is 0 Å². The first kappa shape index (κ1) is 14.0. The highest BCUT2D eigenvalue weighted by atomic mass is 16.4. The number of hydrogen-bond donors (Lipinski definition) is 1.